The standard InChI is InChI=1S/C26H25ClN2O5/c1-17-3-12-23(18(2)15-17)29-25(31)16-33-26(32)14-13-24(30)28-20-6-10-22(11-7-20)34-21-8-4-19(27)5-9-21/h3-12,15H,13-14,16H2,1-2H3,(H,28,30)(H,29,31). The first kappa shape index (κ1) is 24.8. The highest BCUT2D eigenvalue weighted by Crippen LogP contribution is 2.24. The fourth-order valence-corrected chi connectivity index (χ4v) is 3.17. The smallest absolute Gasteiger partial charge is 0.306 e. The third kappa shape index (κ3) is 7.94. The van der Waals surface area contributed by atoms with Gasteiger partial charge in [0.2, 0.25) is 5.91 Å². The van der Waals surface area contributed by atoms with Gasteiger partial charge < -0.3 is 20.1 Å². The van der Waals surface area contributed by atoms with Crippen LogP contribution in [0.3, 0.4) is 0 Å². The molecule has 0 aromatic heterocycles. The van der Waals surface area contributed by atoms with E-state index in [1.807, 2.05) is 26.0 Å². The van der Waals surface area contributed by atoms with Gasteiger partial charge in [0.15, 0.2) is 6.61 Å². The largest absolute Gasteiger partial charge is 0.457 e. The monoisotopic (exact) mass is 480 g/mol. The minimum atomic E-state index is -0.627. The van der Waals surface area contributed by atoms with Gasteiger partial charge in [0.05, 0.1) is 6.42 Å². The summed E-state index contributed by atoms with van der Waals surface area (Å²) in [7, 11) is 0. The molecule has 0 saturated carbocycles. The third-order valence-electron chi connectivity index (χ3n) is 4.76. The van der Waals surface area contributed by atoms with Crippen LogP contribution in [0.5, 0.6) is 11.5 Å². The highest BCUT2D eigenvalue weighted by molar-refractivity contribution is 6.30. The predicted molar refractivity (Wildman–Crippen MR) is 131 cm³/mol. The van der Waals surface area contributed by atoms with E-state index in [2.05, 4.69) is 10.6 Å². The molecule has 0 atom stereocenters. The van der Waals surface area contributed by atoms with Gasteiger partial charge in [-0.1, -0.05) is 29.3 Å². The summed E-state index contributed by atoms with van der Waals surface area (Å²) < 4.78 is 10.7. The number of carbonyl (C=O) groups is 3. The van der Waals surface area contributed by atoms with Gasteiger partial charge in [-0.25, -0.2) is 0 Å². The number of anilines is 2. The average molecular weight is 481 g/mol. The Morgan fingerprint density at radius 3 is 2.09 bits per heavy atom. The van der Waals surface area contributed by atoms with E-state index in [1.54, 1.807) is 54.6 Å². The maximum absolute atomic E-state index is 12.1. The molecule has 2 amide bonds. The van der Waals surface area contributed by atoms with Crippen LogP contribution in [-0.2, 0) is 19.1 Å². The molecule has 0 aliphatic rings. The summed E-state index contributed by atoms with van der Waals surface area (Å²) in [5.41, 5.74) is 3.23. The lowest BCUT2D eigenvalue weighted by Gasteiger charge is -2.10. The molecular formula is C26H25ClN2O5. The molecule has 3 rings (SSSR count). The maximum Gasteiger partial charge on any atom is 0.306 e. The third-order valence-corrected chi connectivity index (χ3v) is 5.02. The van der Waals surface area contributed by atoms with Gasteiger partial charge in [-0.15, -0.1) is 0 Å². The van der Waals surface area contributed by atoms with Crippen molar-refractivity contribution in [3.05, 3.63) is 82.9 Å². The van der Waals surface area contributed by atoms with Crippen LogP contribution in [0.15, 0.2) is 66.7 Å². The van der Waals surface area contributed by atoms with E-state index < -0.39 is 18.5 Å². The minimum absolute atomic E-state index is 0.0689. The summed E-state index contributed by atoms with van der Waals surface area (Å²) in [5.74, 6) is -0.170. The SMILES string of the molecule is Cc1ccc(NC(=O)COC(=O)CCC(=O)Nc2ccc(Oc3ccc(Cl)cc3)cc2)c(C)c1. The molecule has 0 saturated heterocycles. The lowest BCUT2D eigenvalue weighted by Crippen LogP contribution is -2.22. The van der Waals surface area contributed by atoms with Crippen molar-refractivity contribution in [2.24, 2.45) is 0 Å². The van der Waals surface area contributed by atoms with Crippen molar-refractivity contribution in [2.45, 2.75) is 26.7 Å². The van der Waals surface area contributed by atoms with Crippen molar-refractivity contribution in [1.29, 1.82) is 0 Å². The lowest BCUT2D eigenvalue weighted by atomic mass is 10.1. The average Bonchev–Trinajstić information content (AvgIpc) is 2.81. The van der Waals surface area contributed by atoms with Gasteiger partial charge in [-0.05, 0) is 74.0 Å². The molecule has 0 heterocycles. The van der Waals surface area contributed by atoms with Crippen molar-refractivity contribution < 1.29 is 23.9 Å². The predicted octanol–water partition coefficient (Wildman–Crippen LogP) is 5.65. The number of hydrogen-bond donors (Lipinski definition) is 2. The van der Waals surface area contributed by atoms with Crippen LogP contribution in [0.4, 0.5) is 11.4 Å². The fraction of sp³-hybridized carbons (Fsp3) is 0.192. The minimum Gasteiger partial charge on any atom is -0.457 e. The van der Waals surface area contributed by atoms with Crippen molar-refractivity contribution in [3.8, 4) is 11.5 Å². The summed E-state index contributed by atoms with van der Waals surface area (Å²) in [6.45, 7) is 3.43. The molecule has 0 bridgehead atoms. The molecule has 34 heavy (non-hydrogen) atoms. The Balaban J connectivity index is 1.37. The fourth-order valence-electron chi connectivity index (χ4n) is 3.04. The van der Waals surface area contributed by atoms with Crippen molar-refractivity contribution in [3.63, 3.8) is 0 Å². The molecule has 0 radical (unpaired) electrons. The van der Waals surface area contributed by atoms with Gasteiger partial charge >= 0.3 is 5.97 Å². The Kier molecular flexibility index (Phi) is 8.65. The second-order valence-corrected chi connectivity index (χ2v) is 8.09. The van der Waals surface area contributed by atoms with Gasteiger partial charge in [-0.2, -0.15) is 0 Å². The number of esters is 1. The Morgan fingerprint density at radius 1 is 0.794 bits per heavy atom. The van der Waals surface area contributed by atoms with Gasteiger partial charge in [0.25, 0.3) is 5.91 Å². The zero-order valence-corrected chi connectivity index (χ0v) is 19.6. The van der Waals surface area contributed by atoms with E-state index >= 15 is 0 Å². The highest BCUT2D eigenvalue weighted by Gasteiger charge is 2.12. The van der Waals surface area contributed by atoms with E-state index in [1.165, 1.54) is 0 Å². The first-order chi connectivity index (χ1) is 16.3. The number of hydrogen-bond acceptors (Lipinski definition) is 5. The van der Waals surface area contributed by atoms with Gasteiger partial charge in [0, 0.05) is 22.8 Å². The highest BCUT2D eigenvalue weighted by atomic mass is 35.5. The Hall–Kier alpha value is -3.84. The van der Waals surface area contributed by atoms with Crippen molar-refractivity contribution in [2.75, 3.05) is 17.2 Å². The quantitative estimate of drug-likeness (QED) is 0.386. The normalized spacial score (nSPS) is 10.3. The molecule has 3 aromatic carbocycles. The number of ether oxygens (including phenoxy) is 2. The second-order valence-electron chi connectivity index (χ2n) is 7.66. The summed E-state index contributed by atoms with van der Waals surface area (Å²) in [6, 6.07) is 19.4. The van der Waals surface area contributed by atoms with Crippen LogP contribution in [-0.4, -0.2) is 24.4 Å². The van der Waals surface area contributed by atoms with Crippen LogP contribution >= 0.6 is 11.6 Å². The molecule has 0 fully saturated rings. The van der Waals surface area contributed by atoms with E-state index in [4.69, 9.17) is 21.1 Å². The van der Waals surface area contributed by atoms with Crippen LogP contribution in [0.2, 0.25) is 5.02 Å². The molecule has 0 aliphatic carbocycles. The molecule has 176 valence electrons. The number of aryl methyl sites for hydroxylation is 2. The number of benzene rings is 3. The molecule has 0 aliphatic heterocycles. The maximum atomic E-state index is 12.1. The number of nitrogens with one attached hydrogen (secondary N) is 2. The zero-order valence-electron chi connectivity index (χ0n) is 18.9. The number of carbonyl (C=O) groups excluding carboxylic acids is 3. The summed E-state index contributed by atoms with van der Waals surface area (Å²) in [5, 5.41) is 6.03. The summed E-state index contributed by atoms with van der Waals surface area (Å²) in [4.78, 5) is 36.0. The van der Waals surface area contributed by atoms with E-state index in [9.17, 15) is 14.4 Å². The summed E-state index contributed by atoms with van der Waals surface area (Å²) in [6.07, 6.45) is -0.207. The first-order valence-corrected chi connectivity index (χ1v) is 11.0. The van der Waals surface area contributed by atoms with Crippen LogP contribution in [0, 0.1) is 13.8 Å². The lowest BCUT2D eigenvalue weighted by molar-refractivity contribution is -0.147. The molecule has 0 spiro atoms. The topological polar surface area (TPSA) is 93.7 Å². The second kappa shape index (κ2) is 11.9. The first-order valence-electron chi connectivity index (χ1n) is 10.6. The van der Waals surface area contributed by atoms with E-state index in [0.717, 1.165) is 11.1 Å². The Bertz CT molecular complexity index is 1160. The van der Waals surface area contributed by atoms with E-state index in [-0.39, 0.29) is 18.7 Å². The summed E-state index contributed by atoms with van der Waals surface area (Å²) >= 11 is 5.86. The molecule has 7 nitrogen and oxygen atoms in total. The number of rotatable bonds is 9. The zero-order chi connectivity index (χ0) is 24.5. The molecule has 0 unspecified atom stereocenters. The molecular weight excluding hydrogens is 456 g/mol. The van der Waals surface area contributed by atoms with Gasteiger partial charge in [-0.3, -0.25) is 14.4 Å². The van der Waals surface area contributed by atoms with Gasteiger partial charge in [0.1, 0.15) is 11.5 Å². The van der Waals surface area contributed by atoms with Crippen LogP contribution in [0.1, 0.15) is 24.0 Å². The molecule has 3 aromatic rings. The van der Waals surface area contributed by atoms with Crippen LogP contribution in [0.25, 0.3) is 0 Å². The van der Waals surface area contributed by atoms with E-state index in [0.29, 0.717) is 27.9 Å². The number of amides is 2. The Morgan fingerprint density at radius 2 is 1.44 bits per heavy atom. The molecule has 2 N–H and O–H groups in total. The number of halogens is 1. The van der Waals surface area contributed by atoms with Crippen molar-refractivity contribution in [1.82, 2.24) is 0 Å². The van der Waals surface area contributed by atoms with Crippen LogP contribution < -0.4 is 15.4 Å². The van der Waals surface area contributed by atoms with Crippen molar-refractivity contribution >= 4 is 40.8 Å². The Labute approximate surface area is 203 Å². The molecule has 8 heteroatoms.